The fourth-order valence-electron chi connectivity index (χ4n) is 2.31. The Morgan fingerprint density at radius 3 is 2.11 bits per heavy atom. The number of nitrogens with one attached hydrogen (secondary N) is 1. The van der Waals surface area contributed by atoms with Crippen molar-refractivity contribution in [2.45, 2.75) is 39.7 Å². The van der Waals surface area contributed by atoms with Crippen molar-refractivity contribution in [1.29, 1.82) is 0 Å². The molecular weight excluding hydrogens is 238 g/mol. The van der Waals surface area contributed by atoms with E-state index in [1.54, 1.807) is 14.2 Å². The lowest BCUT2D eigenvalue weighted by Crippen LogP contribution is -2.28. The molecular formula is C16H27NO2. The molecule has 2 unspecified atom stereocenters. The summed E-state index contributed by atoms with van der Waals surface area (Å²) >= 11 is 0. The molecule has 0 aliphatic carbocycles. The largest absolute Gasteiger partial charge is 0.496 e. The normalized spacial score (nSPS) is 13.9. The van der Waals surface area contributed by atoms with Gasteiger partial charge < -0.3 is 14.8 Å². The first-order valence-electron chi connectivity index (χ1n) is 7.13. The van der Waals surface area contributed by atoms with Crippen LogP contribution in [0.1, 0.15) is 45.2 Å². The second-order valence-electron chi connectivity index (χ2n) is 4.89. The van der Waals surface area contributed by atoms with Crippen LogP contribution in [0.25, 0.3) is 0 Å². The lowest BCUT2D eigenvalue weighted by molar-refractivity contribution is 0.330. The second-order valence-corrected chi connectivity index (χ2v) is 4.89. The van der Waals surface area contributed by atoms with Gasteiger partial charge in [0, 0.05) is 6.04 Å². The van der Waals surface area contributed by atoms with E-state index in [1.165, 1.54) is 0 Å². The Labute approximate surface area is 117 Å². The van der Waals surface area contributed by atoms with Gasteiger partial charge in [0.15, 0.2) is 0 Å². The first kappa shape index (κ1) is 15.8. The molecule has 19 heavy (non-hydrogen) atoms. The van der Waals surface area contributed by atoms with Gasteiger partial charge >= 0.3 is 0 Å². The van der Waals surface area contributed by atoms with Gasteiger partial charge in [0.25, 0.3) is 0 Å². The minimum atomic E-state index is 0.260. The molecule has 0 spiro atoms. The van der Waals surface area contributed by atoms with Crippen LogP contribution in [0, 0.1) is 5.92 Å². The van der Waals surface area contributed by atoms with Crippen LogP contribution in [0.2, 0.25) is 0 Å². The molecule has 1 rings (SSSR count). The topological polar surface area (TPSA) is 30.5 Å². The maximum atomic E-state index is 5.52. The Morgan fingerprint density at radius 2 is 1.68 bits per heavy atom. The SMILES string of the molecule is CCCNC(c1c(OC)cccc1OC)C(C)CC. The van der Waals surface area contributed by atoms with Crippen molar-refractivity contribution in [3.63, 3.8) is 0 Å². The third kappa shape index (κ3) is 3.87. The van der Waals surface area contributed by atoms with E-state index in [9.17, 15) is 0 Å². The van der Waals surface area contributed by atoms with Gasteiger partial charge in [-0.1, -0.05) is 33.3 Å². The number of rotatable bonds is 8. The molecule has 3 nitrogen and oxygen atoms in total. The Morgan fingerprint density at radius 1 is 1.11 bits per heavy atom. The van der Waals surface area contributed by atoms with Gasteiger partial charge in [0.05, 0.1) is 19.8 Å². The molecule has 0 saturated carbocycles. The first-order chi connectivity index (χ1) is 9.19. The zero-order valence-corrected chi connectivity index (χ0v) is 12.8. The summed E-state index contributed by atoms with van der Waals surface area (Å²) in [4.78, 5) is 0. The van der Waals surface area contributed by atoms with Crippen molar-refractivity contribution in [3.8, 4) is 11.5 Å². The summed E-state index contributed by atoms with van der Waals surface area (Å²) in [5.74, 6) is 2.32. The van der Waals surface area contributed by atoms with Gasteiger partial charge in [-0.15, -0.1) is 0 Å². The highest BCUT2D eigenvalue weighted by atomic mass is 16.5. The summed E-state index contributed by atoms with van der Waals surface area (Å²) in [6.45, 7) is 7.66. The van der Waals surface area contributed by atoms with E-state index in [1.807, 2.05) is 18.2 Å². The van der Waals surface area contributed by atoms with Crippen LogP contribution >= 0.6 is 0 Å². The highest BCUT2D eigenvalue weighted by Gasteiger charge is 2.24. The molecule has 0 bridgehead atoms. The van der Waals surface area contributed by atoms with Gasteiger partial charge in [-0.05, 0) is 31.0 Å². The summed E-state index contributed by atoms with van der Waals surface area (Å²) in [6, 6.07) is 6.23. The Bertz CT molecular complexity index is 357. The summed E-state index contributed by atoms with van der Waals surface area (Å²) in [5, 5.41) is 3.63. The van der Waals surface area contributed by atoms with Crippen LogP contribution in [0.15, 0.2) is 18.2 Å². The van der Waals surface area contributed by atoms with Gasteiger partial charge in [0.2, 0.25) is 0 Å². The van der Waals surface area contributed by atoms with Crippen molar-refractivity contribution in [3.05, 3.63) is 23.8 Å². The minimum absolute atomic E-state index is 0.260. The standard InChI is InChI=1S/C16H27NO2/c1-6-11-17-16(12(3)7-2)15-13(18-4)9-8-10-14(15)19-5/h8-10,12,16-17H,6-7,11H2,1-5H3. The zero-order valence-electron chi connectivity index (χ0n) is 12.8. The Kier molecular flexibility index (Phi) is 6.71. The third-order valence-corrected chi connectivity index (χ3v) is 3.60. The van der Waals surface area contributed by atoms with Crippen LogP contribution < -0.4 is 14.8 Å². The maximum absolute atomic E-state index is 5.52. The van der Waals surface area contributed by atoms with Crippen LogP contribution in [0.4, 0.5) is 0 Å². The van der Waals surface area contributed by atoms with Crippen LogP contribution in [0.3, 0.4) is 0 Å². The van der Waals surface area contributed by atoms with Gasteiger partial charge in [-0.2, -0.15) is 0 Å². The molecule has 0 saturated heterocycles. The van der Waals surface area contributed by atoms with Crippen LogP contribution in [0.5, 0.6) is 11.5 Å². The van der Waals surface area contributed by atoms with Crippen molar-refractivity contribution >= 4 is 0 Å². The fourth-order valence-corrected chi connectivity index (χ4v) is 2.31. The maximum Gasteiger partial charge on any atom is 0.127 e. The molecule has 2 atom stereocenters. The molecule has 0 aromatic heterocycles. The molecule has 0 aliphatic heterocycles. The summed E-state index contributed by atoms with van der Waals surface area (Å²) < 4.78 is 11.0. The average Bonchev–Trinajstić information content (AvgIpc) is 2.46. The predicted octanol–water partition coefficient (Wildman–Crippen LogP) is 3.79. The van der Waals surface area contributed by atoms with Crippen molar-refractivity contribution in [2.24, 2.45) is 5.92 Å². The minimum Gasteiger partial charge on any atom is -0.496 e. The van der Waals surface area contributed by atoms with Gasteiger partial charge in [-0.3, -0.25) is 0 Å². The van der Waals surface area contributed by atoms with Crippen molar-refractivity contribution in [2.75, 3.05) is 20.8 Å². The molecule has 3 heteroatoms. The molecule has 0 heterocycles. The second kappa shape index (κ2) is 8.05. The first-order valence-corrected chi connectivity index (χ1v) is 7.13. The molecule has 0 radical (unpaired) electrons. The number of hydrogen-bond donors (Lipinski definition) is 1. The number of ether oxygens (including phenoxy) is 2. The molecule has 108 valence electrons. The molecule has 1 aromatic carbocycles. The van der Waals surface area contributed by atoms with E-state index < -0.39 is 0 Å². The number of hydrogen-bond acceptors (Lipinski definition) is 3. The zero-order chi connectivity index (χ0) is 14.3. The molecule has 0 amide bonds. The molecule has 1 N–H and O–H groups in total. The van der Waals surface area contributed by atoms with E-state index in [4.69, 9.17) is 9.47 Å². The summed E-state index contributed by atoms with van der Waals surface area (Å²) in [5.41, 5.74) is 1.13. The monoisotopic (exact) mass is 265 g/mol. The molecule has 0 aliphatic rings. The Hall–Kier alpha value is -1.22. The highest BCUT2D eigenvalue weighted by molar-refractivity contribution is 5.47. The van der Waals surface area contributed by atoms with E-state index in [2.05, 4.69) is 26.1 Å². The summed E-state index contributed by atoms with van der Waals surface area (Å²) in [7, 11) is 3.43. The highest BCUT2D eigenvalue weighted by Crippen LogP contribution is 2.38. The molecule has 0 fully saturated rings. The predicted molar refractivity (Wildman–Crippen MR) is 80.0 cm³/mol. The van der Waals surface area contributed by atoms with Crippen LogP contribution in [-0.2, 0) is 0 Å². The quantitative estimate of drug-likeness (QED) is 0.775. The average molecular weight is 265 g/mol. The van der Waals surface area contributed by atoms with E-state index in [0.717, 1.165) is 36.4 Å². The van der Waals surface area contributed by atoms with Gasteiger partial charge in [0.1, 0.15) is 11.5 Å². The van der Waals surface area contributed by atoms with Crippen molar-refractivity contribution < 1.29 is 9.47 Å². The smallest absolute Gasteiger partial charge is 0.127 e. The third-order valence-electron chi connectivity index (χ3n) is 3.60. The van der Waals surface area contributed by atoms with E-state index in [-0.39, 0.29) is 6.04 Å². The number of methoxy groups -OCH3 is 2. The van der Waals surface area contributed by atoms with Crippen LogP contribution in [-0.4, -0.2) is 20.8 Å². The van der Waals surface area contributed by atoms with Gasteiger partial charge in [-0.25, -0.2) is 0 Å². The van der Waals surface area contributed by atoms with E-state index in [0.29, 0.717) is 5.92 Å². The molecule has 1 aromatic rings. The summed E-state index contributed by atoms with van der Waals surface area (Å²) in [6.07, 6.45) is 2.23. The number of benzene rings is 1. The fraction of sp³-hybridized carbons (Fsp3) is 0.625. The Balaban J connectivity index is 3.18. The lowest BCUT2D eigenvalue weighted by Gasteiger charge is -2.27. The lowest BCUT2D eigenvalue weighted by atomic mass is 9.91. The van der Waals surface area contributed by atoms with Crippen molar-refractivity contribution in [1.82, 2.24) is 5.32 Å². The van der Waals surface area contributed by atoms with E-state index >= 15 is 0 Å².